The van der Waals surface area contributed by atoms with E-state index < -0.39 is 83.6 Å². The van der Waals surface area contributed by atoms with Crippen LogP contribution in [-0.4, -0.2) is 117 Å². The van der Waals surface area contributed by atoms with E-state index in [2.05, 4.69) is 38.2 Å². The van der Waals surface area contributed by atoms with Crippen molar-refractivity contribution in [1.29, 1.82) is 0 Å². The number of nitrogens with one attached hydrogen (secondary N) is 6. The number of likely N-dealkylation sites (N-methyl/N-ethyl adjacent to an activating group) is 1. The fourth-order valence-corrected chi connectivity index (χ4v) is 8.18. The molecule has 19 nitrogen and oxygen atoms in total. The summed E-state index contributed by atoms with van der Waals surface area (Å²) in [5, 5.41) is 22.7. The fourth-order valence-electron chi connectivity index (χ4n) is 8.18. The zero-order valence-corrected chi connectivity index (χ0v) is 35.9. The predicted molar refractivity (Wildman–Crippen MR) is 230 cm³/mol. The Hall–Kier alpha value is -5.53. The summed E-state index contributed by atoms with van der Waals surface area (Å²) in [4.78, 5) is 99.1. The second kappa shape index (κ2) is 23.1. The minimum absolute atomic E-state index is 0.0326. The number of unbranched alkanes of at least 4 members (excludes halogenated alkanes) is 3. The molecule has 1 saturated heterocycles. The van der Waals surface area contributed by atoms with E-state index in [0.29, 0.717) is 6.42 Å². The van der Waals surface area contributed by atoms with Crippen LogP contribution in [-0.2, 0) is 35.1 Å². The van der Waals surface area contributed by atoms with Gasteiger partial charge in [0, 0.05) is 55.8 Å². The van der Waals surface area contributed by atoms with Gasteiger partial charge in [-0.05, 0) is 37.3 Å². The van der Waals surface area contributed by atoms with Crippen molar-refractivity contribution in [2.75, 3.05) is 26.7 Å². The summed E-state index contributed by atoms with van der Waals surface area (Å²) in [6, 6.07) is 3.46. The Balaban J connectivity index is 1.32. The van der Waals surface area contributed by atoms with Gasteiger partial charge in [0.05, 0.1) is 25.3 Å². The molecular formula is C43H63N9O10. The zero-order valence-electron chi connectivity index (χ0n) is 35.9. The van der Waals surface area contributed by atoms with Crippen LogP contribution in [0.15, 0.2) is 52.3 Å². The molecule has 1 aliphatic carbocycles. The second-order valence-electron chi connectivity index (χ2n) is 16.4. The number of aliphatic hydroxyl groups is 1. The number of nitrogens with zero attached hydrogens (tertiary/aromatic N) is 2. The molecule has 340 valence electrons. The third-order valence-corrected chi connectivity index (χ3v) is 11.9. The van der Waals surface area contributed by atoms with Crippen LogP contribution in [0, 0.1) is 5.92 Å². The lowest BCUT2D eigenvalue weighted by atomic mass is 9.84. The Bertz CT molecular complexity index is 2100. The van der Waals surface area contributed by atoms with Crippen LogP contribution in [0.5, 0.6) is 0 Å². The van der Waals surface area contributed by atoms with Crippen LogP contribution >= 0.6 is 0 Å². The first kappa shape index (κ1) is 47.5. The minimum atomic E-state index is -1.34. The van der Waals surface area contributed by atoms with Crippen LogP contribution in [0.2, 0.25) is 0 Å². The van der Waals surface area contributed by atoms with Crippen LogP contribution in [0.1, 0.15) is 96.3 Å². The number of hydrogen-bond donors (Lipinski definition) is 8. The van der Waals surface area contributed by atoms with Gasteiger partial charge in [-0.15, -0.1) is 0 Å². The van der Waals surface area contributed by atoms with Crippen LogP contribution < -0.4 is 38.2 Å². The van der Waals surface area contributed by atoms with E-state index in [1.807, 2.05) is 24.3 Å². The van der Waals surface area contributed by atoms with Crippen molar-refractivity contribution in [3.8, 4) is 0 Å². The molecule has 7 atom stereocenters. The smallest absolute Gasteiger partial charge is 0.330 e. The van der Waals surface area contributed by atoms with Crippen molar-refractivity contribution in [1.82, 2.24) is 40.7 Å². The largest absolute Gasteiger partial charge is 0.464 e. The lowest BCUT2D eigenvalue weighted by Crippen LogP contribution is -2.62. The summed E-state index contributed by atoms with van der Waals surface area (Å²) in [6.07, 6.45) is 8.64. The molecule has 19 heteroatoms. The second-order valence-corrected chi connectivity index (χ2v) is 16.4. The topological polar surface area (TPSA) is 272 Å². The lowest BCUT2D eigenvalue weighted by Gasteiger charge is -2.33. The van der Waals surface area contributed by atoms with Crippen molar-refractivity contribution in [2.24, 2.45) is 11.7 Å². The van der Waals surface area contributed by atoms with Gasteiger partial charge < -0.3 is 51.5 Å². The molecule has 1 aliphatic heterocycles. The lowest BCUT2D eigenvalue weighted by molar-refractivity contribution is -0.146. The number of amides is 5. The molecule has 9 N–H and O–H groups in total. The van der Waals surface area contributed by atoms with Gasteiger partial charge in [-0.25, -0.2) is 14.4 Å². The number of aliphatic hydroxyl groups excluding tert-OH is 1. The summed E-state index contributed by atoms with van der Waals surface area (Å²) in [5.41, 5.74) is 5.93. The number of carbonyl (C=O) groups excluding carboxylic acids is 5. The number of nitrogens with two attached hydrogens (primary N) is 1. The van der Waals surface area contributed by atoms with Crippen molar-refractivity contribution in [2.45, 2.75) is 134 Å². The fraction of sp³-hybridized carbons (Fsp3) is 0.605. The third-order valence-electron chi connectivity index (χ3n) is 11.9. The van der Waals surface area contributed by atoms with Crippen LogP contribution in [0.3, 0.4) is 0 Å². The van der Waals surface area contributed by atoms with Crippen molar-refractivity contribution in [3.05, 3.63) is 69.1 Å². The van der Waals surface area contributed by atoms with Gasteiger partial charge in [-0.1, -0.05) is 76.5 Å². The maximum absolute atomic E-state index is 14.4. The molecule has 1 saturated carbocycles. The van der Waals surface area contributed by atoms with Crippen molar-refractivity contribution >= 4 is 40.6 Å². The summed E-state index contributed by atoms with van der Waals surface area (Å²) >= 11 is 0. The summed E-state index contributed by atoms with van der Waals surface area (Å²) < 4.78 is 12.6. The number of fused-ring (bicyclic) bond motifs is 1. The van der Waals surface area contributed by atoms with Crippen molar-refractivity contribution < 1.29 is 38.6 Å². The molecule has 0 radical (unpaired) electrons. The maximum atomic E-state index is 14.4. The number of aromatic amines is 2. The van der Waals surface area contributed by atoms with E-state index in [9.17, 15) is 38.7 Å². The molecule has 0 unspecified atom stereocenters. The molecule has 1 aromatic carbocycles. The molecular weight excluding hydrogens is 803 g/mol. The average Bonchev–Trinajstić information content (AvgIpc) is 3.85. The first-order valence-electron chi connectivity index (χ1n) is 21.8. The number of hydrogen-bond acceptors (Lipinski definition) is 11. The van der Waals surface area contributed by atoms with E-state index in [4.69, 9.17) is 15.2 Å². The summed E-state index contributed by atoms with van der Waals surface area (Å²) in [6.45, 7) is 3.37. The van der Waals surface area contributed by atoms with Gasteiger partial charge in [0.1, 0.15) is 24.2 Å². The molecule has 2 fully saturated rings. The highest BCUT2D eigenvalue weighted by Crippen LogP contribution is 2.29. The Kier molecular flexibility index (Phi) is 17.7. The Morgan fingerprint density at radius 3 is 2.47 bits per heavy atom. The monoisotopic (exact) mass is 865 g/mol. The van der Waals surface area contributed by atoms with Crippen molar-refractivity contribution in [3.63, 3.8) is 0 Å². The molecule has 3 heterocycles. The highest BCUT2D eigenvalue weighted by molar-refractivity contribution is 5.93. The maximum Gasteiger partial charge on any atom is 0.330 e. The number of para-hydroxylation sites is 1. The first-order valence-corrected chi connectivity index (χ1v) is 21.8. The molecule has 5 rings (SSSR count). The van der Waals surface area contributed by atoms with Gasteiger partial charge in [-0.3, -0.25) is 28.7 Å². The van der Waals surface area contributed by atoms with E-state index >= 15 is 0 Å². The average molecular weight is 866 g/mol. The number of carbonyl (C=O) groups is 5. The number of esters is 1. The molecule has 0 spiro atoms. The Morgan fingerprint density at radius 2 is 1.74 bits per heavy atom. The Morgan fingerprint density at radius 1 is 1.00 bits per heavy atom. The quantitative estimate of drug-likeness (QED) is 0.0561. The normalized spacial score (nSPS) is 19.8. The van der Waals surface area contributed by atoms with Gasteiger partial charge in [0.15, 0.2) is 6.23 Å². The molecule has 2 aromatic heterocycles. The standard InChI is InChI=1S/C43H63N9O10/c1-4-5-6-12-19-61-41(58)33(21-28-24-45-31-16-11-10-15-30(28)31)48-42(59)47-32(20-27-13-8-7-9-14-27)38(56)50-37(26(2)51(3)36(55)23-44)39(57)46-25-29-22-34(53)40(62-29)52-18-17-35(54)49-43(52)60/h10-11,15-18,24,26-27,29,32-34,37,40,45,53H,4-9,12-14,19-23,25,44H2,1-3H3,(H,46,57)(H,50,56)(H2,47,48,59)(H,49,54,60)/t26-,29+,32-,33-,34+,37-,40+/m0/s1. The highest BCUT2D eigenvalue weighted by atomic mass is 16.5. The predicted octanol–water partition coefficient (Wildman–Crippen LogP) is 1.45. The van der Waals surface area contributed by atoms with E-state index in [-0.39, 0.29) is 44.9 Å². The number of urea groups is 1. The Labute approximate surface area is 360 Å². The highest BCUT2D eigenvalue weighted by Gasteiger charge is 2.39. The molecule has 62 heavy (non-hydrogen) atoms. The minimum Gasteiger partial charge on any atom is -0.464 e. The molecule has 2 aliphatic rings. The number of rotatable bonds is 21. The molecule has 3 aromatic rings. The SMILES string of the molecule is CCCCCCOC(=O)[C@H](Cc1c[nH]c2ccccc12)NC(=O)N[C@@H](CC1CCCCC1)C(=O)N[C@H](C(=O)NC[C@H]1C[C@@H](O)[C@H](n2ccc(=O)[nH]c2=O)O1)[C@H](C)N(C)C(=O)CN. The number of aromatic nitrogens is 3. The zero-order chi connectivity index (χ0) is 44.8. The van der Waals surface area contributed by atoms with Gasteiger partial charge in [0.2, 0.25) is 17.7 Å². The van der Waals surface area contributed by atoms with Gasteiger partial charge >= 0.3 is 17.7 Å². The molecule has 5 amide bonds. The number of benzene rings is 1. The van der Waals surface area contributed by atoms with E-state index in [0.717, 1.165) is 78.5 Å². The number of H-pyrrole nitrogens is 2. The first-order chi connectivity index (χ1) is 29.8. The third kappa shape index (κ3) is 13.0. The summed E-state index contributed by atoms with van der Waals surface area (Å²) in [7, 11) is 1.46. The molecule has 0 bridgehead atoms. The summed E-state index contributed by atoms with van der Waals surface area (Å²) in [5.74, 6) is -2.37. The van der Waals surface area contributed by atoms with Crippen LogP contribution in [0.25, 0.3) is 10.9 Å². The number of ether oxygens (including phenoxy) is 2. The van der Waals surface area contributed by atoms with Crippen LogP contribution in [0.4, 0.5) is 4.79 Å². The van der Waals surface area contributed by atoms with E-state index in [1.54, 1.807) is 13.1 Å². The van der Waals surface area contributed by atoms with Gasteiger partial charge in [0.25, 0.3) is 5.56 Å². The van der Waals surface area contributed by atoms with E-state index in [1.165, 1.54) is 18.1 Å². The van der Waals surface area contributed by atoms with Gasteiger partial charge in [-0.2, -0.15) is 0 Å².